The first kappa shape index (κ1) is 19.4. The second-order valence-corrected chi connectivity index (χ2v) is 13.3. The Morgan fingerprint density at radius 2 is 1.74 bits per heavy atom. The van der Waals surface area contributed by atoms with Crippen LogP contribution in [-0.4, -0.2) is 24.6 Å². The van der Waals surface area contributed by atoms with E-state index in [-0.39, 0.29) is 0 Å². The summed E-state index contributed by atoms with van der Waals surface area (Å²) in [6.07, 6.45) is 0. The Labute approximate surface area is 163 Å². The highest BCUT2D eigenvalue weighted by atomic mass is 28.3. The Bertz CT molecular complexity index is 967. The molecule has 2 aromatic carbocycles. The van der Waals surface area contributed by atoms with Crippen LogP contribution in [-0.2, 0) is 6.54 Å². The van der Waals surface area contributed by atoms with Gasteiger partial charge in [-0.2, -0.15) is 0 Å². The highest BCUT2D eigenvalue weighted by molar-refractivity contribution is 6.83. The average molecular weight is 376 g/mol. The minimum absolute atomic E-state index is 0.638. The van der Waals surface area contributed by atoms with Gasteiger partial charge in [-0.3, -0.25) is 0 Å². The van der Waals surface area contributed by atoms with E-state index in [4.69, 9.17) is 0 Å². The molecule has 0 radical (unpaired) electrons. The monoisotopic (exact) mass is 375 g/mol. The Balaban J connectivity index is 1.77. The summed E-state index contributed by atoms with van der Waals surface area (Å²) in [5.41, 5.74) is 8.99. The molecular formula is C23H29N3Si. The van der Waals surface area contributed by atoms with Crippen molar-refractivity contribution in [2.24, 2.45) is 5.92 Å². The van der Waals surface area contributed by atoms with Gasteiger partial charge in [0.05, 0.1) is 17.6 Å². The largest absolute Gasteiger partial charge is 0.341 e. The molecule has 0 amide bonds. The maximum atomic E-state index is 4.67. The van der Waals surface area contributed by atoms with E-state index in [0.29, 0.717) is 5.92 Å². The Hall–Kier alpha value is -2.35. The van der Waals surface area contributed by atoms with Gasteiger partial charge < -0.3 is 10.3 Å². The van der Waals surface area contributed by atoms with Crippen molar-refractivity contribution >= 4 is 19.1 Å². The van der Waals surface area contributed by atoms with E-state index in [1.807, 2.05) is 0 Å². The van der Waals surface area contributed by atoms with Gasteiger partial charge in [0.2, 0.25) is 0 Å². The number of aromatic amines is 1. The topological polar surface area (TPSA) is 40.7 Å². The molecule has 0 spiro atoms. The van der Waals surface area contributed by atoms with E-state index < -0.39 is 8.07 Å². The van der Waals surface area contributed by atoms with E-state index >= 15 is 0 Å². The maximum Gasteiger partial charge on any atom is 0.129 e. The Morgan fingerprint density at radius 1 is 1.04 bits per heavy atom. The van der Waals surface area contributed by atoms with Crippen molar-refractivity contribution in [2.45, 2.75) is 40.0 Å². The standard InChI is InChI=1S/C23H29N3Si/c1-17(2)15-24-16-23-25-21-11-10-20(14-22(21)26-23)19-8-6-18(7-9-19)12-13-27(3,4)5/h6-11,14,17,24H,15-16H2,1-5H3,(H,25,26). The van der Waals surface area contributed by atoms with E-state index in [1.165, 1.54) is 11.1 Å². The third-order valence-corrected chi connectivity index (χ3v) is 5.05. The lowest BCUT2D eigenvalue weighted by atomic mass is 10.0. The first-order valence-corrected chi connectivity index (χ1v) is 13.1. The van der Waals surface area contributed by atoms with Crippen LogP contribution in [0, 0.1) is 17.4 Å². The van der Waals surface area contributed by atoms with Crippen molar-refractivity contribution in [1.29, 1.82) is 0 Å². The van der Waals surface area contributed by atoms with Crippen molar-refractivity contribution in [3.05, 3.63) is 53.9 Å². The molecule has 1 heterocycles. The highest BCUT2D eigenvalue weighted by Crippen LogP contribution is 2.24. The molecule has 0 unspecified atom stereocenters. The van der Waals surface area contributed by atoms with Crippen LogP contribution in [0.5, 0.6) is 0 Å². The molecule has 0 saturated carbocycles. The molecule has 1 aromatic heterocycles. The lowest BCUT2D eigenvalue weighted by Crippen LogP contribution is -2.19. The number of hydrogen-bond acceptors (Lipinski definition) is 2. The minimum Gasteiger partial charge on any atom is -0.341 e. The third kappa shape index (κ3) is 5.56. The van der Waals surface area contributed by atoms with Gasteiger partial charge in [0.25, 0.3) is 0 Å². The zero-order valence-corrected chi connectivity index (χ0v) is 18.0. The number of rotatable bonds is 5. The average Bonchev–Trinajstić information content (AvgIpc) is 3.01. The van der Waals surface area contributed by atoms with Crippen LogP contribution in [0.25, 0.3) is 22.2 Å². The molecule has 0 saturated heterocycles. The number of nitrogens with one attached hydrogen (secondary N) is 2. The van der Waals surface area contributed by atoms with Crippen LogP contribution in [0.2, 0.25) is 19.6 Å². The number of nitrogens with zero attached hydrogens (tertiary/aromatic N) is 1. The van der Waals surface area contributed by atoms with Gasteiger partial charge in [0, 0.05) is 5.56 Å². The van der Waals surface area contributed by atoms with Crippen LogP contribution in [0.4, 0.5) is 0 Å². The van der Waals surface area contributed by atoms with Crippen LogP contribution in [0.15, 0.2) is 42.5 Å². The summed E-state index contributed by atoms with van der Waals surface area (Å²) >= 11 is 0. The number of aromatic nitrogens is 2. The summed E-state index contributed by atoms with van der Waals surface area (Å²) in [5, 5.41) is 3.43. The van der Waals surface area contributed by atoms with E-state index in [1.54, 1.807) is 0 Å². The highest BCUT2D eigenvalue weighted by Gasteiger charge is 2.08. The van der Waals surface area contributed by atoms with Gasteiger partial charge in [-0.15, -0.1) is 5.54 Å². The molecule has 0 bridgehead atoms. The molecule has 140 valence electrons. The fourth-order valence-electron chi connectivity index (χ4n) is 2.81. The predicted octanol–water partition coefficient (Wildman–Crippen LogP) is 5.20. The molecule has 0 aliphatic rings. The summed E-state index contributed by atoms with van der Waals surface area (Å²) in [4.78, 5) is 8.11. The fraction of sp³-hybridized carbons (Fsp3) is 0.348. The van der Waals surface area contributed by atoms with Gasteiger partial charge in [-0.1, -0.05) is 57.6 Å². The molecule has 0 atom stereocenters. The summed E-state index contributed by atoms with van der Waals surface area (Å²) in [5.74, 6) is 4.94. The van der Waals surface area contributed by atoms with Gasteiger partial charge in [-0.05, 0) is 47.9 Å². The number of fused-ring (bicyclic) bond motifs is 1. The molecule has 3 aromatic rings. The zero-order chi connectivity index (χ0) is 19.4. The Kier molecular flexibility index (Phi) is 5.84. The van der Waals surface area contributed by atoms with Crippen molar-refractivity contribution in [2.75, 3.05) is 6.54 Å². The lowest BCUT2D eigenvalue weighted by Gasteiger charge is -2.04. The zero-order valence-electron chi connectivity index (χ0n) is 17.0. The molecule has 0 fully saturated rings. The number of imidazole rings is 1. The number of benzene rings is 2. The van der Waals surface area contributed by atoms with E-state index in [9.17, 15) is 0 Å². The normalized spacial score (nSPS) is 11.6. The second kappa shape index (κ2) is 8.12. The molecule has 4 heteroatoms. The van der Waals surface area contributed by atoms with E-state index in [0.717, 1.165) is 35.5 Å². The molecule has 2 N–H and O–H groups in total. The minimum atomic E-state index is -1.34. The first-order valence-electron chi connectivity index (χ1n) is 9.63. The first-order chi connectivity index (χ1) is 12.8. The Morgan fingerprint density at radius 3 is 2.41 bits per heavy atom. The van der Waals surface area contributed by atoms with Gasteiger partial charge >= 0.3 is 0 Å². The third-order valence-electron chi connectivity index (χ3n) is 4.18. The summed E-state index contributed by atoms with van der Waals surface area (Å²) < 4.78 is 0. The number of hydrogen-bond donors (Lipinski definition) is 2. The molecule has 0 aliphatic carbocycles. The van der Waals surface area contributed by atoms with Crippen molar-refractivity contribution in [3.63, 3.8) is 0 Å². The lowest BCUT2D eigenvalue weighted by molar-refractivity contribution is 0.545. The quantitative estimate of drug-likeness (QED) is 0.475. The molecule has 3 nitrogen and oxygen atoms in total. The van der Waals surface area contributed by atoms with Crippen molar-refractivity contribution in [3.8, 4) is 22.6 Å². The predicted molar refractivity (Wildman–Crippen MR) is 118 cm³/mol. The van der Waals surface area contributed by atoms with Crippen LogP contribution in [0.1, 0.15) is 25.2 Å². The van der Waals surface area contributed by atoms with Gasteiger partial charge in [0.1, 0.15) is 13.9 Å². The van der Waals surface area contributed by atoms with Crippen molar-refractivity contribution < 1.29 is 0 Å². The molecule has 0 aliphatic heterocycles. The van der Waals surface area contributed by atoms with Crippen LogP contribution >= 0.6 is 0 Å². The van der Waals surface area contributed by atoms with Crippen molar-refractivity contribution in [1.82, 2.24) is 15.3 Å². The molecule has 3 rings (SSSR count). The molecule has 27 heavy (non-hydrogen) atoms. The van der Waals surface area contributed by atoms with E-state index in [2.05, 4.69) is 103 Å². The summed E-state index contributed by atoms with van der Waals surface area (Å²) in [6.45, 7) is 13.0. The fourth-order valence-corrected chi connectivity index (χ4v) is 3.33. The van der Waals surface area contributed by atoms with Gasteiger partial charge in [-0.25, -0.2) is 4.98 Å². The van der Waals surface area contributed by atoms with Crippen LogP contribution in [0.3, 0.4) is 0 Å². The maximum absolute atomic E-state index is 4.67. The SMILES string of the molecule is CC(C)CNCc1nc2ccc(-c3ccc(C#C[Si](C)(C)C)cc3)cc2[nH]1. The summed E-state index contributed by atoms with van der Waals surface area (Å²) in [7, 11) is -1.34. The second-order valence-electron chi connectivity index (χ2n) is 8.52. The summed E-state index contributed by atoms with van der Waals surface area (Å²) in [6, 6.07) is 14.9. The number of H-pyrrole nitrogens is 1. The smallest absolute Gasteiger partial charge is 0.129 e. The van der Waals surface area contributed by atoms with Gasteiger partial charge in [0.15, 0.2) is 0 Å². The molecular weight excluding hydrogens is 346 g/mol. The van der Waals surface area contributed by atoms with Crippen LogP contribution < -0.4 is 5.32 Å².